The van der Waals surface area contributed by atoms with Crippen LogP contribution < -0.4 is 5.32 Å². The minimum absolute atomic E-state index is 0.285. The Morgan fingerprint density at radius 1 is 1.42 bits per heavy atom. The third kappa shape index (κ3) is 2.82. The number of carbonyl (C=O) groups excluding carboxylic acids is 1. The molecule has 3 rings (SSSR count). The lowest BCUT2D eigenvalue weighted by Gasteiger charge is -2.44. The van der Waals surface area contributed by atoms with Gasteiger partial charge in [-0.2, -0.15) is 0 Å². The lowest BCUT2D eigenvalue weighted by atomic mass is 9.84. The number of carbonyl (C=O) groups is 1. The van der Waals surface area contributed by atoms with Crippen LogP contribution in [0.1, 0.15) is 25.0 Å². The molecule has 0 saturated carbocycles. The van der Waals surface area contributed by atoms with E-state index < -0.39 is 0 Å². The van der Waals surface area contributed by atoms with Gasteiger partial charge in [-0.25, -0.2) is 0 Å². The number of fused-ring (bicyclic) bond motifs is 1. The fourth-order valence-electron chi connectivity index (χ4n) is 3.13. The standard InChI is InChI=1S/C14H18BrN3O/c15-11-2-3-12(17-8-11)9-18-13-5-6-16-7-10(13)1-4-14(18)19/h2-3,8,10,13,16H,1,4-7,9H2. The molecule has 2 saturated heterocycles. The zero-order chi connectivity index (χ0) is 13.2. The van der Waals surface area contributed by atoms with E-state index in [0.29, 0.717) is 24.9 Å². The molecular formula is C14H18BrN3O. The highest BCUT2D eigenvalue weighted by molar-refractivity contribution is 9.10. The molecule has 19 heavy (non-hydrogen) atoms. The minimum atomic E-state index is 0.285. The summed E-state index contributed by atoms with van der Waals surface area (Å²) < 4.78 is 0.973. The first-order valence-corrected chi connectivity index (χ1v) is 7.64. The number of pyridine rings is 1. The largest absolute Gasteiger partial charge is 0.333 e. The smallest absolute Gasteiger partial charge is 0.223 e. The quantitative estimate of drug-likeness (QED) is 0.904. The number of aromatic nitrogens is 1. The first-order chi connectivity index (χ1) is 9.24. The molecule has 2 aliphatic heterocycles. The van der Waals surface area contributed by atoms with Crippen LogP contribution in [0, 0.1) is 5.92 Å². The summed E-state index contributed by atoms with van der Waals surface area (Å²) in [5, 5.41) is 3.43. The Bertz CT molecular complexity index is 462. The molecule has 0 bridgehead atoms. The molecule has 5 heteroatoms. The van der Waals surface area contributed by atoms with E-state index in [0.717, 1.165) is 36.1 Å². The molecule has 3 heterocycles. The first kappa shape index (κ1) is 13.1. The van der Waals surface area contributed by atoms with Gasteiger partial charge < -0.3 is 10.2 Å². The third-order valence-electron chi connectivity index (χ3n) is 4.14. The van der Waals surface area contributed by atoms with Gasteiger partial charge in [0.1, 0.15) is 0 Å². The van der Waals surface area contributed by atoms with E-state index in [1.807, 2.05) is 17.0 Å². The molecule has 2 aliphatic rings. The Morgan fingerprint density at radius 2 is 2.32 bits per heavy atom. The van der Waals surface area contributed by atoms with Gasteiger partial charge in [-0.1, -0.05) is 0 Å². The predicted octanol–water partition coefficient (Wildman–Crippen LogP) is 1.94. The number of hydrogen-bond donors (Lipinski definition) is 1. The van der Waals surface area contributed by atoms with E-state index in [9.17, 15) is 4.79 Å². The molecule has 0 radical (unpaired) electrons. The highest BCUT2D eigenvalue weighted by Gasteiger charge is 2.37. The number of nitrogens with one attached hydrogen (secondary N) is 1. The molecule has 4 nitrogen and oxygen atoms in total. The van der Waals surface area contributed by atoms with Crippen molar-refractivity contribution in [1.82, 2.24) is 15.2 Å². The number of piperidine rings is 2. The van der Waals surface area contributed by atoms with Gasteiger partial charge in [-0.05, 0) is 59.9 Å². The first-order valence-electron chi connectivity index (χ1n) is 6.84. The molecule has 2 fully saturated rings. The minimum Gasteiger partial charge on any atom is -0.333 e. The summed E-state index contributed by atoms with van der Waals surface area (Å²) in [6.07, 6.45) is 4.57. The number of amides is 1. The van der Waals surface area contributed by atoms with Crippen LogP contribution in [0.3, 0.4) is 0 Å². The van der Waals surface area contributed by atoms with E-state index >= 15 is 0 Å². The van der Waals surface area contributed by atoms with E-state index in [4.69, 9.17) is 0 Å². The van der Waals surface area contributed by atoms with Crippen molar-refractivity contribution in [2.75, 3.05) is 13.1 Å². The van der Waals surface area contributed by atoms with E-state index in [1.54, 1.807) is 6.20 Å². The second-order valence-corrected chi connectivity index (χ2v) is 6.26. The van der Waals surface area contributed by atoms with Gasteiger partial charge in [0, 0.05) is 23.1 Å². The fraction of sp³-hybridized carbons (Fsp3) is 0.571. The van der Waals surface area contributed by atoms with Crippen LogP contribution in [0.25, 0.3) is 0 Å². The Morgan fingerprint density at radius 3 is 3.11 bits per heavy atom. The summed E-state index contributed by atoms with van der Waals surface area (Å²) >= 11 is 3.39. The van der Waals surface area contributed by atoms with Crippen molar-refractivity contribution >= 4 is 21.8 Å². The summed E-state index contributed by atoms with van der Waals surface area (Å²) in [6.45, 7) is 2.70. The van der Waals surface area contributed by atoms with E-state index in [-0.39, 0.29) is 5.91 Å². The van der Waals surface area contributed by atoms with Gasteiger partial charge in [-0.15, -0.1) is 0 Å². The highest BCUT2D eigenvalue weighted by atomic mass is 79.9. The van der Waals surface area contributed by atoms with Crippen LogP contribution in [0.2, 0.25) is 0 Å². The Hall–Kier alpha value is -0.940. The summed E-state index contributed by atoms with van der Waals surface area (Å²) in [5.74, 6) is 0.898. The van der Waals surface area contributed by atoms with Crippen LogP contribution in [-0.2, 0) is 11.3 Å². The Balaban J connectivity index is 1.76. The van der Waals surface area contributed by atoms with Crippen molar-refractivity contribution in [3.63, 3.8) is 0 Å². The lowest BCUT2D eigenvalue weighted by molar-refractivity contribution is -0.140. The Labute approximate surface area is 121 Å². The van der Waals surface area contributed by atoms with Gasteiger partial charge in [0.25, 0.3) is 0 Å². The lowest BCUT2D eigenvalue weighted by Crippen LogP contribution is -2.54. The van der Waals surface area contributed by atoms with Gasteiger partial charge in [0.2, 0.25) is 5.91 Å². The predicted molar refractivity (Wildman–Crippen MR) is 76.5 cm³/mol. The second-order valence-electron chi connectivity index (χ2n) is 5.35. The average Bonchev–Trinajstić information content (AvgIpc) is 2.44. The number of hydrogen-bond acceptors (Lipinski definition) is 3. The van der Waals surface area contributed by atoms with Crippen molar-refractivity contribution in [1.29, 1.82) is 0 Å². The van der Waals surface area contributed by atoms with Gasteiger partial charge in [0.05, 0.1) is 12.2 Å². The molecule has 1 N–H and O–H groups in total. The van der Waals surface area contributed by atoms with Crippen molar-refractivity contribution in [3.05, 3.63) is 28.5 Å². The maximum atomic E-state index is 12.2. The maximum Gasteiger partial charge on any atom is 0.223 e. The molecule has 1 aromatic heterocycles. The molecule has 2 atom stereocenters. The van der Waals surface area contributed by atoms with E-state index in [1.165, 1.54) is 0 Å². The monoisotopic (exact) mass is 323 g/mol. The van der Waals surface area contributed by atoms with Crippen LogP contribution in [0.5, 0.6) is 0 Å². The van der Waals surface area contributed by atoms with Gasteiger partial charge in [-0.3, -0.25) is 9.78 Å². The van der Waals surface area contributed by atoms with Crippen molar-refractivity contribution < 1.29 is 4.79 Å². The van der Waals surface area contributed by atoms with Crippen LogP contribution in [0.15, 0.2) is 22.8 Å². The van der Waals surface area contributed by atoms with Crippen molar-refractivity contribution in [2.24, 2.45) is 5.92 Å². The topological polar surface area (TPSA) is 45.2 Å². The summed E-state index contributed by atoms with van der Waals surface area (Å²) in [5.41, 5.74) is 0.968. The number of halogens is 1. The molecule has 1 aromatic rings. The molecular weight excluding hydrogens is 306 g/mol. The van der Waals surface area contributed by atoms with Crippen molar-refractivity contribution in [2.45, 2.75) is 31.8 Å². The number of rotatable bonds is 2. The zero-order valence-electron chi connectivity index (χ0n) is 10.8. The third-order valence-corrected chi connectivity index (χ3v) is 4.61. The highest BCUT2D eigenvalue weighted by Crippen LogP contribution is 2.29. The summed E-state index contributed by atoms with van der Waals surface area (Å²) in [7, 11) is 0. The molecule has 0 spiro atoms. The second kappa shape index (κ2) is 5.59. The van der Waals surface area contributed by atoms with Gasteiger partial charge in [0.15, 0.2) is 0 Å². The van der Waals surface area contributed by atoms with Crippen molar-refractivity contribution in [3.8, 4) is 0 Å². The zero-order valence-corrected chi connectivity index (χ0v) is 12.4. The molecule has 102 valence electrons. The van der Waals surface area contributed by atoms with Crippen LogP contribution in [0.4, 0.5) is 0 Å². The normalized spacial score (nSPS) is 27.2. The molecule has 2 unspecified atom stereocenters. The van der Waals surface area contributed by atoms with Gasteiger partial charge >= 0.3 is 0 Å². The number of likely N-dealkylation sites (tertiary alicyclic amines) is 1. The maximum absolute atomic E-state index is 12.2. The van der Waals surface area contributed by atoms with Crippen LogP contribution >= 0.6 is 15.9 Å². The molecule has 0 aliphatic carbocycles. The Kier molecular flexibility index (Phi) is 3.84. The summed E-state index contributed by atoms with van der Waals surface area (Å²) in [6, 6.07) is 4.37. The summed E-state index contributed by atoms with van der Waals surface area (Å²) in [4.78, 5) is 18.6. The van der Waals surface area contributed by atoms with E-state index in [2.05, 4.69) is 26.2 Å². The molecule has 1 amide bonds. The number of nitrogens with zero attached hydrogens (tertiary/aromatic N) is 2. The fourth-order valence-corrected chi connectivity index (χ4v) is 3.37. The van der Waals surface area contributed by atoms with Crippen LogP contribution in [-0.4, -0.2) is 34.9 Å². The molecule has 0 aromatic carbocycles. The SMILES string of the molecule is O=C1CCC2CNCCC2N1Cc1ccc(Br)cn1. The average molecular weight is 324 g/mol.